The monoisotopic (exact) mass is 336 g/mol. The molecule has 2 aromatic carbocycles. The fourth-order valence-electron chi connectivity index (χ4n) is 3.65. The Labute approximate surface area is 141 Å². The molecule has 4 rings (SSSR count). The molecule has 0 radical (unpaired) electrons. The zero-order chi connectivity index (χ0) is 14.4. The Hall–Kier alpha value is -1.29. The van der Waals surface area contributed by atoms with Gasteiger partial charge < -0.3 is 10.2 Å². The summed E-state index contributed by atoms with van der Waals surface area (Å²) in [4.78, 5) is 14.9. The van der Waals surface area contributed by atoms with Gasteiger partial charge in [-0.25, -0.2) is 0 Å². The quantitative estimate of drug-likeness (QED) is 0.867. The number of hydrogen-bond acceptors (Lipinski definition) is 2. The zero-order valence-electron chi connectivity index (χ0n) is 12.1. The fourth-order valence-corrected chi connectivity index (χ4v) is 3.89. The number of rotatable bonds is 1. The number of nitrogens with zero attached hydrogens (tertiary/aromatic N) is 1. The van der Waals surface area contributed by atoms with Gasteiger partial charge in [0.25, 0.3) is 5.91 Å². The summed E-state index contributed by atoms with van der Waals surface area (Å²) in [5, 5.41) is 6.00. The van der Waals surface area contributed by atoms with Crippen LogP contribution in [-0.4, -0.2) is 37.0 Å². The largest absolute Gasteiger partial charge is 0.338 e. The summed E-state index contributed by atoms with van der Waals surface area (Å²) in [7, 11) is 0. The molecule has 2 aliphatic heterocycles. The molecule has 0 bridgehead atoms. The lowest BCUT2D eigenvalue weighted by molar-refractivity contribution is 0.0783. The average Bonchev–Trinajstić information content (AvgIpc) is 3.08. The molecule has 0 unspecified atom stereocenters. The number of halogens is 2. The Kier molecular flexibility index (Phi) is 4.31. The second kappa shape index (κ2) is 6.07. The van der Waals surface area contributed by atoms with Gasteiger partial charge in [-0.05, 0) is 29.4 Å². The van der Waals surface area contributed by atoms with Crippen LogP contribution in [0.15, 0.2) is 36.4 Å². The molecule has 2 heterocycles. The number of fused-ring (bicyclic) bond motifs is 2. The molecule has 5 heteroatoms. The molecule has 1 N–H and O–H groups in total. The summed E-state index contributed by atoms with van der Waals surface area (Å²) in [5.74, 6) is 1.37. The molecule has 0 aromatic heterocycles. The normalized spacial score (nSPS) is 23.4. The summed E-state index contributed by atoms with van der Waals surface area (Å²) >= 11 is 6.24. The van der Waals surface area contributed by atoms with E-state index in [0.29, 0.717) is 16.9 Å². The van der Waals surface area contributed by atoms with Crippen molar-refractivity contribution < 1.29 is 4.79 Å². The minimum atomic E-state index is 0. The topological polar surface area (TPSA) is 32.3 Å². The van der Waals surface area contributed by atoms with Crippen LogP contribution in [0.25, 0.3) is 10.8 Å². The van der Waals surface area contributed by atoms with E-state index in [-0.39, 0.29) is 18.3 Å². The molecule has 0 spiro atoms. The molecule has 0 aliphatic carbocycles. The average molecular weight is 337 g/mol. The number of nitrogens with one attached hydrogen (secondary N) is 1. The van der Waals surface area contributed by atoms with E-state index in [1.54, 1.807) is 0 Å². The smallest absolute Gasteiger partial charge is 0.254 e. The number of carbonyl (C=O) groups excluding carboxylic acids is 1. The highest BCUT2D eigenvalue weighted by molar-refractivity contribution is 6.36. The maximum Gasteiger partial charge on any atom is 0.254 e. The van der Waals surface area contributed by atoms with E-state index in [4.69, 9.17) is 11.6 Å². The second-order valence-electron chi connectivity index (χ2n) is 6.03. The Balaban J connectivity index is 0.00000144. The van der Waals surface area contributed by atoms with Gasteiger partial charge in [0.1, 0.15) is 0 Å². The molecule has 2 atom stereocenters. The Morgan fingerprint density at radius 1 is 1.05 bits per heavy atom. The summed E-state index contributed by atoms with van der Waals surface area (Å²) in [6.45, 7) is 3.81. The molecule has 22 heavy (non-hydrogen) atoms. The molecule has 2 saturated heterocycles. The van der Waals surface area contributed by atoms with Crippen molar-refractivity contribution in [2.75, 3.05) is 26.2 Å². The van der Waals surface area contributed by atoms with Crippen molar-refractivity contribution in [1.82, 2.24) is 10.2 Å². The van der Waals surface area contributed by atoms with Gasteiger partial charge >= 0.3 is 0 Å². The lowest BCUT2D eigenvalue weighted by atomic mass is 10.0. The highest BCUT2D eigenvalue weighted by Crippen LogP contribution is 2.30. The van der Waals surface area contributed by atoms with Crippen molar-refractivity contribution in [3.63, 3.8) is 0 Å². The molecule has 2 aromatic rings. The fraction of sp³-hybridized carbons (Fsp3) is 0.353. The Morgan fingerprint density at radius 2 is 1.68 bits per heavy atom. The lowest BCUT2D eigenvalue weighted by Crippen LogP contribution is -2.31. The first-order valence-electron chi connectivity index (χ1n) is 7.41. The van der Waals surface area contributed by atoms with E-state index in [1.165, 1.54) is 0 Å². The van der Waals surface area contributed by atoms with Gasteiger partial charge in [0.2, 0.25) is 0 Å². The van der Waals surface area contributed by atoms with E-state index in [9.17, 15) is 4.79 Å². The first kappa shape index (κ1) is 15.6. The summed E-state index contributed by atoms with van der Waals surface area (Å²) in [5.41, 5.74) is 0.767. The van der Waals surface area contributed by atoms with E-state index in [0.717, 1.165) is 42.5 Å². The van der Waals surface area contributed by atoms with Gasteiger partial charge in [-0.2, -0.15) is 0 Å². The number of likely N-dealkylation sites (tertiary alicyclic amines) is 1. The van der Waals surface area contributed by atoms with E-state index in [2.05, 4.69) is 5.32 Å². The van der Waals surface area contributed by atoms with Gasteiger partial charge in [0.15, 0.2) is 0 Å². The first-order valence-corrected chi connectivity index (χ1v) is 7.79. The van der Waals surface area contributed by atoms with Crippen LogP contribution in [0.4, 0.5) is 0 Å². The SMILES string of the molecule is Cl.O=C(c1cccc2c(Cl)cccc12)N1C[C@H]2CNC[C@H]2C1. The standard InChI is InChI=1S/C17H17ClN2O.ClH/c18-16-6-2-3-13-14(16)4-1-5-15(13)17(21)20-9-11-7-19-8-12(11)10-20;/h1-6,11-12,19H,7-10H2;1H/t11-,12+;. The second-order valence-corrected chi connectivity index (χ2v) is 6.44. The third-order valence-electron chi connectivity index (χ3n) is 4.78. The maximum absolute atomic E-state index is 12.9. The van der Waals surface area contributed by atoms with Crippen molar-refractivity contribution in [3.05, 3.63) is 47.0 Å². The zero-order valence-corrected chi connectivity index (χ0v) is 13.7. The van der Waals surface area contributed by atoms with Crippen LogP contribution < -0.4 is 5.32 Å². The van der Waals surface area contributed by atoms with Crippen molar-refractivity contribution >= 4 is 40.7 Å². The summed E-state index contributed by atoms with van der Waals surface area (Å²) in [6, 6.07) is 11.5. The van der Waals surface area contributed by atoms with Crippen LogP contribution in [0, 0.1) is 11.8 Å². The molecular weight excluding hydrogens is 319 g/mol. The predicted octanol–water partition coefficient (Wildman–Crippen LogP) is 3.21. The third kappa shape index (κ3) is 2.47. The van der Waals surface area contributed by atoms with Gasteiger partial charge in [-0.15, -0.1) is 12.4 Å². The maximum atomic E-state index is 12.9. The number of carbonyl (C=O) groups is 1. The van der Waals surface area contributed by atoms with Crippen molar-refractivity contribution in [1.29, 1.82) is 0 Å². The Morgan fingerprint density at radius 3 is 2.41 bits per heavy atom. The van der Waals surface area contributed by atoms with Gasteiger partial charge in [-0.3, -0.25) is 4.79 Å². The molecule has 2 aliphatic rings. The van der Waals surface area contributed by atoms with Crippen molar-refractivity contribution in [3.8, 4) is 0 Å². The molecule has 3 nitrogen and oxygen atoms in total. The van der Waals surface area contributed by atoms with Crippen LogP contribution in [-0.2, 0) is 0 Å². The van der Waals surface area contributed by atoms with Gasteiger partial charge in [0.05, 0.1) is 0 Å². The van der Waals surface area contributed by atoms with E-state index < -0.39 is 0 Å². The summed E-state index contributed by atoms with van der Waals surface area (Å²) < 4.78 is 0. The Bertz CT molecular complexity index is 707. The minimum Gasteiger partial charge on any atom is -0.338 e. The van der Waals surface area contributed by atoms with Crippen LogP contribution in [0.2, 0.25) is 5.02 Å². The van der Waals surface area contributed by atoms with Crippen LogP contribution in [0.5, 0.6) is 0 Å². The first-order chi connectivity index (χ1) is 10.2. The molecular formula is C17H18Cl2N2O. The predicted molar refractivity (Wildman–Crippen MR) is 92.0 cm³/mol. The molecule has 1 amide bonds. The highest BCUT2D eigenvalue weighted by atomic mass is 35.5. The third-order valence-corrected chi connectivity index (χ3v) is 5.11. The number of benzene rings is 2. The molecule has 0 saturated carbocycles. The minimum absolute atomic E-state index is 0. The molecule has 116 valence electrons. The lowest BCUT2D eigenvalue weighted by Gasteiger charge is -2.18. The van der Waals surface area contributed by atoms with Crippen molar-refractivity contribution in [2.24, 2.45) is 11.8 Å². The number of hydrogen-bond donors (Lipinski definition) is 1. The highest BCUT2D eigenvalue weighted by Gasteiger charge is 2.38. The molecule has 2 fully saturated rings. The van der Waals surface area contributed by atoms with Gasteiger partial charge in [-0.1, -0.05) is 35.9 Å². The number of amides is 1. The van der Waals surface area contributed by atoms with Crippen LogP contribution in [0.1, 0.15) is 10.4 Å². The van der Waals surface area contributed by atoms with Gasteiger partial charge in [0, 0.05) is 42.2 Å². The van der Waals surface area contributed by atoms with Crippen molar-refractivity contribution in [2.45, 2.75) is 0 Å². The van der Waals surface area contributed by atoms with Crippen LogP contribution in [0.3, 0.4) is 0 Å². The summed E-state index contributed by atoms with van der Waals surface area (Å²) in [6.07, 6.45) is 0. The van der Waals surface area contributed by atoms with E-state index in [1.807, 2.05) is 41.3 Å². The van der Waals surface area contributed by atoms with Crippen LogP contribution >= 0.6 is 24.0 Å². The van der Waals surface area contributed by atoms with E-state index >= 15 is 0 Å².